The lowest BCUT2D eigenvalue weighted by molar-refractivity contribution is -0.124. The molecule has 0 fully saturated rings. The van der Waals surface area contributed by atoms with Crippen molar-refractivity contribution in [3.63, 3.8) is 0 Å². The lowest BCUT2D eigenvalue weighted by Crippen LogP contribution is -2.31. The van der Waals surface area contributed by atoms with Crippen LogP contribution in [-0.4, -0.2) is 25.1 Å². The van der Waals surface area contributed by atoms with Crippen LogP contribution in [0.3, 0.4) is 0 Å². The second-order valence-corrected chi connectivity index (χ2v) is 5.86. The first-order valence-corrected chi connectivity index (χ1v) is 8.49. The van der Waals surface area contributed by atoms with E-state index in [1.54, 1.807) is 0 Å². The van der Waals surface area contributed by atoms with Crippen LogP contribution in [0, 0.1) is 0 Å². The lowest BCUT2D eigenvalue weighted by Gasteiger charge is -2.15. The Bertz CT molecular complexity index is 761. The Hall–Kier alpha value is -2.96. The molecule has 0 heterocycles. The minimum atomic E-state index is -2.94. The monoisotopic (exact) mass is 377 g/mol. The SMILES string of the molecule is CCc1ccc([C@@H](C)NC(=O)COC(=O)c2ccc(OC(F)F)cc2)cc1. The topological polar surface area (TPSA) is 64.6 Å². The summed E-state index contributed by atoms with van der Waals surface area (Å²) in [4.78, 5) is 23.9. The zero-order valence-electron chi connectivity index (χ0n) is 15.1. The number of alkyl halides is 2. The molecular formula is C20H21F2NO4. The van der Waals surface area contributed by atoms with Gasteiger partial charge in [-0.05, 0) is 48.7 Å². The van der Waals surface area contributed by atoms with Crippen molar-refractivity contribution in [2.24, 2.45) is 0 Å². The molecule has 0 radical (unpaired) electrons. The Morgan fingerprint density at radius 1 is 1.04 bits per heavy atom. The summed E-state index contributed by atoms with van der Waals surface area (Å²) in [6.45, 7) is 0.522. The van der Waals surface area contributed by atoms with Gasteiger partial charge in [0.25, 0.3) is 5.91 Å². The number of aryl methyl sites for hydroxylation is 1. The Balaban J connectivity index is 1.82. The maximum absolute atomic E-state index is 12.1. The van der Waals surface area contributed by atoms with E-state index < -0.39 is 25.1 Å². The van der Waals surface area contributed by atoms with Gasteiger partial charge in [0, 0.05) is 0 Å². The largest absolute Gasteiger partial charge is 0.452 e. The molecule has 0 aliphatic carbocycles. The highest BCUT2D eigenvalue weighted by Crippen LogP contribution is 2.16. The van der Waals surface area contributed by atoms with Gasteiger partial charge in [0.05, 0.1) is 11.6 Å². The van der Waals surface area contributed by atoms with E-state index >= 15 is 0 Å². The van der Waals surface area contributed by atoms with Gasteiger partial charge < -0.3 is 14.8 Å². The van der Waals surface area contributed by atoms with Crippen molar-refractivity contribution >= 4 is 11.9 Å². The highest BCUT2D eigenvalue weighted by Gasteiger charge is 2.14. The number of halogens is 2. The Kier molecular flexibility index (Phi) is 7.28. The number of hydrogen-bond acceptors (Lipinski definition) is 4. The van der Waals surface area contributed by atoms with Gasteiger partial charge in [-0.1, -0.05) is 31.2 Å². The van der Waals surface area contributed by atoms with E-state index in [0.29, 0.717) is 0 Å². The van der Waals surface area contributed by atoms with Crippen LogP contribution in [0.2, 0.25) is 0 Å². The molecule has 0 unspecified atom stereocenters. The van der Waals surface area contributed by atoms with Crippen molar-refractivity contribution in [3.05, 3.63) is 65.2 Å². The molecule has 0 aliphatic heterocycles. The maximum atomic E-state index is 12.1. The summed E-state index contributed by atoms with van der Waals surface area (Å²) in [5.74, 6) is -1.23. The molecule has 2 aromatic rings. The molecule has 1 atom stereocenters. The quantitative estimate of drug-likeness (QED) is 0.709. The van der Waals surface area contributed by atoms with E-state index in [9.17, 15) is 18.4 Å². The second-order valence-electron chi connectivity index (χ2n) is 5.86. The number of nitrogens with one attached hydrogen (secondary N) is 1. The number of carbonyl (C=O) groups is 2. The number of esters is 1. The summed E-state index contributed by atoms with van der Waals surface area (Å²) >= 11 is 0. The highest BCUT2D eigenvalue weighted by atomic mass is 19.3. The van der Waals surface area contributed by atoms with Crippen molar-refractivity contribution in [2.45, 2.75) is 32.9 Å². The van der Waals surface area contributed by atoms with Gasteiger partial charge in [-0.25, -0.2) is 4.79 Å². The molecule has 0 saturated carbocycles. The first kappa shape index (κ1) is 20.4. The van der Waals surface area contributed by atoms with Crippen molar-refractivity contribution < 1.29 is 27.8 Å². The molecule has 0 aromatic heterocycles. The van der Waals surface area contributed by atoms with Gasteiger partial charge in [-0.3, -0.25) is 4.79 Å². The molecule has 0 spiro atoms. The Morgan fingerprint density at radius 3 is 2.22 bits per heavy atom. The van der Waals surface area contributed by atoms with Crippen LogP contribution < -0.4 is 10.1 Å². The smallest absolute Gasteiger partial charge is 0.387 e. The fourth-order valence-electron chi connectivity index (χ4n) is 2.40. The first-order valence-electron chi connectivity index (χ1n) is 8.49. The third kappa shape index (κ3) is 6.36. The fourth-order valence-corrected chi connectivity index (χ4v) is 2.40. The average molecular weight is 377 g/mol. The van der Waals surface area contributed by atoms with E-state index in [-0.39, 0.29) is 17.4 Å². The molecule has 1 N–H and O–H groups in total. The average Bonchev–Trinajstić information content (AvgIpc) is 2.66. The molecule has 144 valence electrons. The summed E-state index contributed by atoms with van der Waals surface area (Å²) < 4.78 is 33.3. The molecular weight excluding hydrogens is 356 g/mol. The van der Waals surface area contributed by atoms with E-state index in [2.05, 4.69) is 17.0 Å². The maximum Gasteiger partial charge on any atom is 0.387 e. The van der Waals surface area contributed by atoms with E-state index in [0.717, 1.165) is 12.0 Å². The molecule has 7 heteroatoms. The molecule has 1 amide bonds. The molecule has 0 aliphatic rings. The minimum Gasteiger partial charge on any atom is -0.452 e. The highest BCUT2D eigenvalue weighted by molar-refractivity contribution is 5.91. The third-order valence-electron chi connectivity index (χ3n) is 3.92. The van der Waals surface area contributed by atoms with Gasteiger partial charge in [0.2, 0.25) is 0 Å². The van der Waals surface area contributed by atoms with Crippen LogP contribution in [-0.2, 0) is 16.0 Å². The van der Waals surface area contributed by atoms with Crippen molar-refractivity contribution in [2.75, 3.05) is 6.61 Å². The van der Waals surface area contributed by atoms with E-state index in [4.69, 9.17) is 4.74 Å². The van der Waals surface area contributed by atoms with Crippen LogP contribution >= 0.6 is 0 Å². The van der Waals surface area contributed by atoms with E-state index in [1.165, 1.54) is 29.8 Å². The predicted octanol–water partition coefficient (Wildman–Crippen LogP) is 3.88. The number of rotatable bonds is 8. The molecule has 2 aromatic carbocycles. The fraction of sp³-hybridized carbons (Fsp3) is 0.300. The number of benzene rings is 2. The lowest BCUT2D eigenvalue weighted by atomic mass is 10.1. The first-order chi connectivity index (χ1) is 12.9. The molecule has 5 nitrogen and oxygen atoms in total. The summed E-state index contributed by atoms with van der Waals surface area (Å²) in [5.41, 5.74) is 2.28. The molecule has 0 bridgehead atoms. The van der Waals surface area contributed by atoms with Crippen molar-refractivity contribution in [1.29, 1.82) is 0 Å². The Labute approximate surface area is 156 Å². The van der Waals surface area contributed by atoms with Gasteiger partial charge in [0.15, 0.2) is 6.61 Å². The van der Waals surface area contributed by atoms with Crippen LogP contribution in [0.15, 0.2) is 48.5 Å². The number of ether oxygens (including phenoxy) is 2. The summed E-state index contributed by atoms with van der Waals surface area (Å²) in [6.07, 6.45) is 0.937. The zero-order chi connectivity index (χ0) is 19.8. The summed E-state index contributed by atoms with van der Waals surface area (Å²) in [6, 6.07) is 12.7. The molecule has 27 heavy (non-hydrogen) atoms. The van der Waals surface area contributed by atoms with Gasteiger partial charge in [0.1, 0.15) is 5.75 Å². The Morgan fingerprint density at radius 2 is 1.67 bits per heavy atom. The van der Waals surface area contributed by atoms with Crippen molar-refractivity contribution in [1.82, 2.24) is 5.32 Å². The molecule has 2 rings (SSSR count). The number of carbonyl (C=O) groups excluding carboxylic acids is 2. The van der Waals surface area contributed by atoms with E-state index in [1.807, 2.05) is 31.2 Å². The normalized spacial score (nSPS) is 11.7. The van der Waals surface area contributed by atoms with Crippen LogP contribution in [0.4, 0.5) is 8.78 Å². The number of hydrogen-bond donors (Lipinski definition) is 1. The van der Waals surface area contributed by atoms with Gasteiger partial charge in [-0.2, -0.15) is 8.78 Å². The number of amides is 1. The van der Waals surface area contributed by atoms with Gasteiger partial charge in [-0.15, -0.1) is 0 Å². The van der Waals surface area contributed by atoms with Crippen molar-refractivity contribution in [3.8, 4) is 5.75 Å². The second kappa shape index (κ2) is 9.66. The minimum absolute atomic E-state index is 0.0674. The zero-order valence-corrected chi connectivity index (χ0v) is 15.1. The summed E-state index contributed by atoms with van der Waals surface area (Å²) in [7, 11) is 0. The van der Waals surface area contributed by atoms with Gasteiger partial charge >= 0.3 is 12.6 Å². The predicted molar refractivity (Wildman–Crippen MR) is 95.7 cm³/mol. The third-order valence-corrected chi connectivity index (χ3v) is 3.92. The molecule has 0 saturated heterocycles. The standard InChI is InChI=1S/C20H21F2NO4/c1-3-14-4-6-15(7-5-14)13(2)23-18(24)12-26-19(25)16-8-10-17(11-9-16)27-20(21)22/h4-11,13,20H,3,12H2,1-2H3,(H,23,24)/t13-/m1/s1. The van der Waals surface area contributed by atoms with Crippen LogP contribution in [0.25, 0.3) is 0 Å². The van der Waals surface area contributed by atoms with Crippen LogP contribution in [0.1, 0.15) is 41.4 Å². The summed E-state index contributed by atoms with van der Waals surface area (Å²) in [5, 5.41) is 2.75. The van der Waals surface area contributed by atoms with Crippen LogP contribution in [0.5, 0.6) is 5.75 Å².